The maximum atomic E-state index is 12.4. The van der Waals surface area contributed by atoms with Crippen LogP contribution in [0.2, 0.25) is 5.02 Å². The molecule has 7 nitrogen and oxygen atoms in total. The van der Waals surface area contributed by atoms with Crippen LogP contribution in [0.5, 0.6) is 0 Å². The summed E-state index contributed by atoms with van der Waals surface area (Å²) in [5.74, 6) is -0.556. The van der Waals surface area contributed by atoms with E-state index < -0.39 is 15.9 Å². The second-order valence-electron chi connectivity index (χ2n) is 6.29. The van der Waals surface area contributed by atoms with E-state index in [-0.39, 0.29) is 34.4 Å². The van der Waals surface area contributed by atoms with Gasteiger partial charge in [-0.15, -0.1) is 11.3 Å². The van der Waals surface area contributed by atoms with Crippen LogP contribution in [0.4, 0.5) is 0 Å². The quantitative estimate of drug-likeness (QED) is 0.716. The van der Waals surface area contributed by atoms with E-state index in [0.717, 1.165) is 6.42 Å². The van der Waals surface area contributed by atoms with E-state index in [4.69, 9.17) is 11.6 Å². The minimum Gasteiger partial charge on any atom is -0.351 e. The Labute approximate surface area is 172 Å². The lowest BCUT2D eigenvalue weighted by molar-refractivity contribution is -0.131. The summed E-state index contributed by atoms with van der Waals surface area (Å²) in [4.78, 5) is 27.8. The third kappa shape index (κ3) is 4.54. The molecule has 2 N–H and O–H groups in total. The number of carbonyl (C=O) groups is 2. The van der Waals surface area contributed by atoms with E-state index in [1.165, 1.54) is 35.7 Å². The lowest BCUT2D eigenvalue weighted by Gasteiger charge is -2.27. The van der Waals surface area contributed by atoms with Crippen molar-refractivity contribution in [1.82, 2.24) is 14.9 Å². The van der Waals surface area contributed by atoms with Crippen molar-refractivity contribution in [2.45, 2.75) is 24.3 Å². The van der Waals surface area contributed by atoms with Crippen LogP contribution in [-0.2, 0) is 27.8 Å². The molecule has 0 unspecified atom stereocenters. The van der Waals surface area contributed by atoms with Gasteiger partial charge in [-0.05, 0) is 48.7 Å². The Hall–Kier alpha value is -1.94. The van der Waals surface area contributed by atoms with Gasteiger partial charge >= 0.3 is 0 Å². The topological polar surface area (TPSA) is 95.6 Å². The summed E-state index contributed by atoms with van der Waals surface area (Å²) < 4.78 is 26.0. The fraction of sp³-hybridized carbons (Fsp3) is 0.333. The molecule has 3 rings (SSSR count). The Bertz CT molecular complexity index is 1000. The number of fused-ring (bicyclic) bond motifs is 1. The lowest BCUT2D eigenvalue weighted by atomic mass is 10.1. The highest BCUT2D eigenvalue weighted by Gasteiger charge is 2.22. The molecule has 1 aromatic heterocycles. The Kier molecular flexibility index (Phi) is 6.39. The summed E-state index contributed by atoms with van der Waals surface area (Å²) in [5.41, 5.74) is 1.23. The van der Waals surface area contributed by atoms with Crippen LogP contribution in [0.25, 0.3) is 0 Å². The normalized spacial score (nSPS) is 13.9. The van der Waals surface area contributed by atoms with Crippen LogP contribution in [0.15, 0.2) is 34.5 Å². The van der Waals surface area contributed by atoms with E-state index in [0.29, 0.717) is 13.1 Å². The van der Waals surface area contributed by atoms with Gasteiger partial charge in [-0.25, -0.2) is 13.1 Å². The number of sulfonamides is 1. The van der Waals surface area contributed by atoms with Crippen LogP contribution in [0, 0.1) is 0 Å². The Morgan fingerprint density at radius 1 is 1.29 bits per heavy atom. The lowest BCUT2D eigenvalue weighted by Crippen LogP contribution is -2.37. The van der Waals surface area contributed by atoms with E-state index >= 15 is 0 Å². The highest BCUT2D eigenvalue weighted by Crippen LogP contribution is 2.24. The molecule has 0 bridgehead atoms. The molecule has 2 aromatic rings. The van der Waals surface area contributed by atoms with Crippen LogP contribution in [0.1, 0.15) is 27.2 Å². The Morgan fingerprint density at radius 3 is 2.82 bits per heavy atom. The van der Waals surface area contributed by atoms with Crippen molar-refractivity contribution in [3.05, 3.63) is 50.7 Å². The average molecular weight is 442 g/mol. The number of nitrogens with one attached hydrogen (secondary N) is 2. The fourth-order valence-corrected chi connectivity index (χ4v) is 4.81. The Balaban J connectivity index is 1.57. The van der Waals surface area contributed by atoms with Gasteiger partial charge in [0.15, 0.2) is 0 Å². The largest absolute Gasteiger partial charge is 0.351 e. The van der Waals surface area contributed by atoms with Gasteiger partial charge in [0.25, 0.3) is 5.91 Å². The molecule has 0 spiro atoms. The first-order valence-corrected chi connectivity index (χ1v) is 11.4. The zero-order chi connectivity index (χ0) is 20.3. The van der Waals surface area contributed by atoms with Crippen molar-refractivity contribution in [3.63, 3.8) is 0 Å². The average Bonchev–Trinajstić information content (AvgIpc) is 3.15. The summed E-state index contributed by atoms with van der Waals surface area (Å²) in [6.45, 7) is 1.42. The standard InChI is InChI=1S/C18H20ClN3O4S2/c1-20-28(25,26)13-2-3-15(19)14(10-13)18(24)21-7-4-17(23)22-8-5-16-12(11-22)6-9-27-16/h2-3,6,9-10,20H,4-5,7-8,11H2,1H3,(H,21,24). The van der Waals surface area contributed by atoms with Crippen molar-refractivity contribution in [1.29, 1.82) is 0 Å². The summed E-state index contributed by atoms with van der Waals surface area (Å²) in [5, 5.41) is 4.81. The molecule has 0 radical (unpaired) electrons. The monoisotopic (exact) mass is 441 g/mol. The minimum atomic E-state index is -3.69. The zero-order valence-corrected chi connectivity index (χ0v) is 17.6. The number of amides is 2. The molecular weight excluding hydrogens is 422 g/mol. The van der Waals surface area contributed by atoms with Gasteiger partial charge in [0, 0.05) is 30.9 Å². The van der Waals surface area contributed by atoms with Crippen molar-refractivity contribution >= 4 is 44.8 Å². The maximum absolute atomic E-state index is 12.4. The molecule has 150 valence electrons. The molecule has 1 aliphatic rings. The van der Waals surface area contributed by atoms with Gasteiger partial charge in [0.1, 0.15) is 0 Å². The molecule has 10 heteroatoms. The number of rotatable bonds is 6. The molecule has 2 heterocycles. The van der Waals surface area contributed by atoms with Gasteiger partial charge in [0.2, 0.25) is 15.9 Å². The molecule has 0 aliphatic carbocycles. The first kappa shape index (κ1) is 20.8. The SMILES string of the molecule is CNS(=O)(=O)c1ccc(Cl)c(C(=O)NCCC(=O)N2CCc3sccc3C2)c1. The number of hydrogen-bond acceptors (Lipinski definition) is 5. The molecular formula is C18H20ClN3O4S2. The predicted molar refractivity (Wildman–Crippen MR) is 108 cm³/mol. The van der Waals surface area contributed by atoms with Gasteiger partial charge in [-0.1, -0.05) is 11.6 Å². The van der Waals surface area contributed by atoms with Crippen LogP contribution in [-0.4, -0.2) is 45.3 Å². The highest BCUT2D eigenvalue weighted by atomic mass is 35.5. The third-order valence-corrected chi connectivity index (χ3v) is 7.31. The first-order chi connectivity index (χ1) is 13.3. The van der Waals surface area contributed by atoms with Crippen LogP contribution < -0.4 is 10.0 Å². The van der Waals surface area contributed by atoms with E-state index in [1.54, 1.807) is 16.2 Å². The second-order valence-corrected chi connectivity index (χ2v) is 9.58. The maximum Gasteiger partial charge on any atom is 0.252 e. The van der Waals surface area contributed by atoms with E-state index in [1.807, 2.05) is 11.4 Å². The Morgan fingerprint density at radius 2 is 2.07 bits per heavy atom. The first-order valence-electron chi connectivity index (χ1n) is 8.66. The molecule has 0 fully saturated rings. The van der Waals surface area contributed by atoms with Crippen molar-refractivity contribution < 1.29 is 18.0 Å². The number of carbonyl (C=O) groups excluding carboxylic acids is 2. The summed E-state index contributed by atoms with van der Waals surface area (Å²) in [6, 6.07) is 5.94. The van der Waals surface area contributed by atoms with Gasteiger partial charge < -0.3 is 10.2 Å². The van der Waals surface area contributed by atoms with Gasteiger partial charge in [0.05, 0.1) is 15.5 Å². The zero-order valence-electron chi connectivity index (χ0n) is 15.2. The molecule has 0 saturated heterocycles. The minimum absolute atomic E-state index is 0.0326. The smallest absolute Gasteiger partial charge is 0.252 e. The number of halogens is 1. The number of hydrogen-bond donors (Lipinski definition) is 2. The van der Waals surface area contributed by atoms with Gasteiger partial charge in [-0.2, -0.15) is 0 Å². The van der Waals surface area contributed by atoms with Crippen molar-refractivity contribution in [3.8, 4) is 0 Å². The van der Waals surface area contributed by atoms with E-state index in [9.17, 15) is 18.0 Å². The van der Waals surface area contributed by atoms with Crippen molar-refractivity contribution in [2.75, 3.05) is 20.1 Å². The third-order valence-electron chi connectivity index (χ3n) is 4.55. The number of thiophene rings is 1. The molecule has 2 amide bonds. The number of nitrogens with zero attached hydrogens (tertiary/aromatic N) is 1. The highest BCUT2D eigenvalue weighted by molar-refractivity contribution is 7.89. The predicted octanol–water partition coefficient (Wildman–Crippen LogP) is 2.01. The fourth-order valence-electron chi connectivity index (χ4n) is 2.96. The second kappa shape index (κ2) is 8.60. The summed E-state index contributed by atoms with van der Waals surface area (Å²) >= 11 is 7.74. The van der Waals surface area contributed by atoms with Gasteiger partial charge in [-0.3, -0.25) is 9.59 Å². The summed E-state index contributed by atoms with van der Waals surface area (Å²) in [6.07, 6.45) is 1.02. The van der Waals surface area contributed by atoms with E-state index in [2.05, 4.69) is 10.0 Å². The number of benzene rings is 1. The van der Waals surface area contributed by atoms with Crippen LogP contribution >= 0.6 is 22.9 Å². The molecule has 1 aliphatic heterocycles. The molecule has 0 saturated carbocycles. The van der Waals surface area contributed by atoms with Crippen molar-refractivity contribution in [2.24, 2.45) is 0 Å². The summed E-state index contributed by atoms with van der Waals surface area (Å²) in [7, 11) is -2.40. The molecule has 1 aromatic carbocycles. The van der Waals surface area contributed by atoms with Crippen LogP contribution in [0.3, 0.4) is 0 Å². The molecule has 0 atom stereocenters. The molecule has 28 heavy (non-hydrogen) atoms.